The fourth-order valence-electron chi connectivity index (χ4n) is 2.82. The summed E-state index contributed by atoms with van der Waals surface area (Å²) in [5.41, 5.74) is 14.2. The van der Waals surface area contributed by atoms with Gasteiger partial charge in [0.05, 0.1) is 5.56 Å². The van der Waals surface area contributed by atoms with E-state index in [1.54, 1.807) is 6.07 Å². The Morgan fingerprint density at radius 1 is 0.929 bits per heavy atom. The molecule has 3 rings (SSSR count). The average Bonchev–Trinajstić information content (AvgIpc) is 3.10. The number of carbonyl (C=O) groups excluding carboxylic acids is 2. The Labute approximate surface area is 167 Å². The summed E-state index contributed by atoms with van der Waals surface area (Å²) in [5, 5.41) is 6.25. The SMILES string of the molecule is NC(=O)Nc1sc(-c2ccc(CNCCc3ccccc3)cc2)cc1C(N)=O. The molecule has 0 saturated carbocycles. The molecule has 2 aromatic carbocycles. The lowest BCUT2D eigenvalue weighted by Crippen LogP contribution is -2.21. The Morgan fingerprint density at radius 3 is 2.29 bits per heavy atom. The zero-order valence-corrected chi connectivity index (χ0v) is 16.1. The van der Waals surface area contributed by atoms with E-state index in [-0.39, 0.29) is 5.56 Å². The molecule has 0 aliphatic carbocycles. The minimum absolute atomic E-state index is 0.255. The molecule has 0 radical (unpaired) electrons. The summed E-state index contributed by atoms with van der Waals surface area (Å²) in [4.78, 5) is 23.5. The molecular weight excluding hydrogens is 372 g/mol. The lowest BCUT2D eigenvalue weighted by Gasteiger charge is -2.06. The third-order valence-corrected chi connectivity index (χ3v) is 5.33. The van der Waals surface area contributed by atoms with Crippen molar-refractivity contribution in [3.63, 3.8) is 0 Å². The molecule has 0 saturated heterocycles. The molecule has 0 bridgehead atoms. The number of amides is 3. The standard InChI is InChI=1S/C21H22N4O2S/c22-19(26)17-12-18(28-20(17)25-21(23)27)16-8-6-15(7-9-16)13-24-11-10-14-4-2-1-3-5-14/h1-9,12,24H,10-11,13H2,(H2,22,26)(H3,23,25,27). The van der Waals surface area contributed by atoms with Crippen LogP contribution in [0.4, 0.5) is 9.80 Å². The van der Waals surface area contributed by atoms with Gasteiger partial charge in [0.2, 0.25) is 0 Å². The fraction of sp³-hybridized carbons (Fsp3) is 0.143. The van der Waals surface area contributed by atoms with Gasteiger partial charge in [-0.1, -0.05) is 54.6 Å². The summed E-state index contributed by atoms with van der Waals surface area (Å²) < 4.78 is 0. The molecule has 1 heterocycles. The van der Waals surface area contributed by atoms with E-state index in [1.807, 2.05) is 42.5 Å². The second kappa shape index (κ2) is 9.16. The molecule has 144 valence electrons. The largest absolute Gasteiger partial charge is 0.366 e. The van der Waals surface area contributed by atoms with E-state index in [2.05, 4.69) is 22.8 Å². The molecule has 0 spiro atoms. The maximum Gasteiger partial charge on any atom is 0.317 e. The molecule has 7 heteroatoms. The quantitative estimate of drug-likeness (QED) is 0.440. The first-order chi connectivity index (χ1) is 13.5. The van der Waals surface area contributed by atoms with Crippen molar-refractivity contribution < 1.29 is 9.59 Å². The zero-order valence-electron chi connectivity index (χ0n) is 15.3. The van der Waals surface area contributed by atoms with Crippen molar-refractivity contribution in [2.75, 3.05) is 11.9 Å². The van der Waals surface area contributed by atoms with Crippen molar-refractivity contribution in [2.45, 2.75) is 13.0 Å². The minimum Gasteiger partial charge on any atom is -0.366 e. The summed E-state index contributed by atoms with van der Waals surface area (Å²) in [6, 6.07) is 19.4. The molecule has 0 aliphatic rings. The first-order valence-electron chi connectivity index (χ1n) is 8.87. The van der Waals surface area contributed by atoms with Gasteiger partial charge in [0.25, 0.3) is 5.91 Å². The fourth-order valence-corrected chi connectivity index (χ4v) is 3.89. The monoisotopic (exact) mass is 394 g/mol. The van der Waals surface area contributed by atoms with Crippen molar-refractivity contribution >= 4 is 28.3 Å². The van der Waals surface area contributed by atoms with E-state index in [9.17, 15) is 9.59 Å². The molecule has 6 N–H and O–H groups in total. The van der Waals surface area contributed by atoms with Crippen molar-refractivity contribution in [1.29, 1.82) is 0 Å². The number of rotatable bonds is 8. The van der Waals surface area contributed by atoms with Crippen LogP contribution < -0.4 is 22.1 Å². The molecule has 3 amide bonds. The van der Waals surface area contributed by atoms with Gasteiger partial charge in [0, 0.05) is 11.4 Å². The summed E-state index contributed by atoms with van der Waals surface area (Å²) in [7, 11) is 0. The van der Waals surface area contributed by atoms with E-state index in [1.165, 1.54) is 22.5 Å². The van der Waals surface area contributed by atoms with Gasteiger partial charge in [0.15, 0.2) is 0 Å². The van der Waals surface area contributed by atoms with Gasteiger partial charge < -0.3 is 16.8 Å². The van der Waals surface area contributed by atoms with Crippen LogP contribution in [-0.4, -0.2) is 18.5 Å². The van der Waals surface area contributed by atoms with Gasteiger partial charge >= 0.3 is 6.03 Å². The summed E-state index contributed by atoms with van der Waals surface area (Å²) in [5.74, 6) is -0.606. The molecule has 0 unspecified atom stereocenters. The van der Waals surface area contributed by atoms with Gasteiger partial charge in [-0.15, -0.1) is 11.3 Å². The number of nitrogens with two attached hydrogens (primary N) is 2. The third-order valence-electron chi connectivity index (χ3n) is 4.24. The Bertz CT molecular complexity index is 952. The number of benzene rings is 2. The lowest BCUT2D eigenvalue weighted by atomic mass is 10.1. The van der Waals surface area contributed by atoms with Crippen molar-refractivity contribution in [3.05, 3.63) is 77.4 Å². The van der Waals surface area contributed by atoms with Gasteiger partial charge in [-0.25, -0.2) is 4.79 Å². The average molecular weight is 395 g/mol. The summed E-state index contributed by atoms with van der Waals surface area (Å²) in [6.07, 6.45) is 0.986. The van der Waals surface area contributed by atoms with Crippen LogP contribution >= 0.6 is 11.3 Å². The Balaban J connectivity index is 1.61. The second-order valence-electron chi connectivity index (χ2n) is 6.32. The third kappa shape index (κ3) is 5.18. The summed E-state index contributed by atoms with van der Waals surface area (Å²) in [6.45, 7) is 1.68. The molecule has 6 nitrogen and oxygen atoms in total. The number of hydrogen-bond acceptors (Lipinski definition) is 4. The van der Waals surface area contributed by atoms with Crippen LogP contribution in [0.3, 0.4) is 0 Å². The predicted octanol–water partition coefficient (Wildman–Crippen LogP) is 3.34. The lowest BCUT2D eigenvalue weighted by molar-refractivity contribution is 0.100. The van der Waals surface area contributed by atoms with Gasteiger partial charge in [0.1, 0.15) is 5.00 Å². The van der Waals surface area contributed by atoms with Crippen LogP contribution in [0, 0.1) is 0 Å². The van der Waals surface area contributed by atoms with Crippen molar-refractivity contribution in [1.82, 2.24) is 5.32 Å². The van der Waals surface area contributed by atoms with E-state index in [0.717, 1.165) is 30.0 Å². The maximum atomic E-state index is 11.6. The van der Waals surface area contributed by atoms with Crippen LogP contribution in [0.15, 0.2) is 60.7 Å². The molecule has 3 aromatic rings. The van der Waals surface area contributed by atoms with Gasteiger partial charge in [-0.3, -0.25) is 10.1 Å². The minimum atomic E-state index is -0.729. The van der Waals surface area contributed by atoms with Crippen LogP contribution in [0.2, 0.25) is 0 Å². The zero-order chi connectivity index (χ0) is 19.9. The highest BCUT2D eigenvalue weighted by atomic mass is 32.1. The second-order valence-corrected chi connectivity index (χ2v) is 7.37. The van der Waals surface area contributed by atoms with Crippen LogP contribution in [0.5, 0.6) is 0 Å². The van der Waals surface area contributed by atoms with Gasteiger partial charge in [-0.05, 0) is 35.7 Å². The molecular formula is C21H22N4O2S. The number of thiophene rings is 1. The van der Waals surface area contributed by atoms with E-state index in [4.69, 9.17) is 11.5 Å². The van der Waals surface area contributed by atoms with Crippen molar-refractivity contribution in [3.8, 4) is 10.4 Å². The highest BCUT2D eigenvalue weighted by molar-refractivity contribution is 7.20. The normalized spacial score (nSPS) is 10.6. The molecule has 0 aliphatic heterocycles. The van der Waals surface area contributed by atoms with Crippen LogP contribution in [0.25, 0.3) is 10.4 Å². The predicted molar refractivity (Wildman–Crippen MR) is 113 cm³/mol. The molecule has 0 atom stereocenters. The maximum absolute atomic E-state index is 11.6. The molecule has 28 heavy (non-hydrogen) atoms. The highest BCUT2D eigenvalue weighted by Gasteiger charge is 2.16. The van der Waals surface area contributed by atoms with E-state index < -0.39 is 11.9 Å². The first-order valence-corrected chi connectivity index (χ1v) is 9.68. The molecule has 1 aromatic heterocycles. The van der Waals surface area contributed by atoms with E-state index in [0.29, 0.717) is 5.00 Å². The number of anilines is 1. The number of nitrogens with one attached hydrogen (secondary N) is 2. The van der Waals surface area contributed by atoms with Crippen molar-refractivity contribution in [2.24, 2.45) is 11.5 Å². The number of carbonyl (C=O) groups is 2. The Morgan fingerprint density at radius 2 is 1.64 bits per heavy atom. The Kier molecular flexibility index (Phi) is 6.41. The van der Waals surface area contributed by atoms with Crippen LogP contribution in [0.1, 0.15) is 21.5 Å². The number of primary amides is 2. The number of urea groups is 1. The Hall–Kier alpha value is -3.16. The highest BCUT2D eigenvalue weighted by Crippen LogP contribution is 2.35. The first kappa shape index (κ1) is 19.6. The smallest absolute Gasteiger partial charge is 0.317 e. The summed E-state index contributed by atoms with van der Waals surface area (Å²) >= 11 is 1.27. The van der Waals surface area contributed by atoms with Crippen LogP contribution in [-0.2, 0) is 13.0 Å². The van der Waals surface area contributed by atoms with Gasteiger partial charge in [-0.2, -0.15) is 0 Å². The van der Waals surface area contributed by atoms with E-state index >= 15 is 0 Å². The number of hydrogen-bond donors (Lipinski definition) is 4. The molecule has 0 fully saturated rings. The topological polar surface area (TPSA) is 110 Å².